The summed E-state index contributed by atoms with van der Waals surface area (Å²) in [5.74, 6) is -0.955. The lowest BCUT2D eigenvalue weighted by Gasteiger charge is -2.18. The van der Waals surface area contributed by atoms with Crippen molar-refractivity contribution in [3.05, 3.63) is 60.8 Å². The first kappa shape index (κ1) is 57.1. The number of allylic oxidation sites excluding steroid dienone is 10. The third-order valence-corrected chi connectivity index (χ3v) is 10.8. The lowest BCUT2D eigenvalue weighted by atomic mass is 10.1. The molecule has 0 aromatic heterocycles. The van der Waals surface area contributed by atoms with E-state index in [2.05, 4.69) is 81.5 Å². The topological polar surface area (TPSA) is 78.9 Å². The molecule has 0 saturated carbocycles. The van der Waals surface area contributed by atoms with Crippen molar-refractivity contribution in [1.29, 1.82) is 0 Å². The molecule has 6 heteroatoms. The van der Waals surface area contributed by atoms with Crippen LogP contribution in [0.15, 0.2) is 60.8 Å². The molecule has 0 bridgehead atoms. The minimum Gasteiger partial charge on any atom is -0.462 e. The van der Waals surface area contributed by atoms with Crippen molar-refractivity contribution in [1.82, 2.24) is 0 Å². The van der Waals surface area contributed by atoms with Crippen LogP contribution in [0.1, 0.15) is 245 Å². The lowest BCUT2D eigenvalue weighted by molar-refractivity contribution is -0.167. The molecule has 1 unspecified atom stereocenters. The molecular formula is C54H94O6. The third-order valence-electron chi connectivity index (χ3n) is 10.8. The van der Waals surface area contributed by atoms with Crippen molar-refractivity contribution in [3.8, 4) is 0 Å². The minimum absolute atomic E-state index is 0.0969. The lowest BCUT2D eigenvalue weighted by Crippen LogP contribution is -2.30. The van der Waals surface area contributed by atoms with Crippen LogP contribution in [0.3, 0.4) is 0 Å². The van der Waals surface area contributed by atoms with Gasteiger partial charge in [-0.25, -0.2) is 0 Å². The van der Waals surface area contributed by atoms with Crippen molar-refractivity contribution >= 4 is 17.9 Å². The zero-order valence-corrected chi connectivity index (χ0v) is 39.5. The first-order chi connectivity index (χ1) is 29.5. The number of ether oxygens (including phenoxy) is 3. The number of hydrogen-bond donors (Lipinski definition) is 0. The van der Waals surface area contributed by atoms with Crippen LogP contribution in [-0.4, -0.2) is 37.2 Å². The maximum absolute atomic E-state index is 12.7. The summed E-state index contributed by atoms with van der Waals surface area (Å²) in [5, 5.41) is 0. The van der Waals surface area contributed by atoms with Crippen LogP contribution in [0.25, 0.3) is 0 Å². The minimum atomic E-state index is -0.797. The average Bonchev–Trinajstić information content (AvgIpc) is 3.24. The number of hydrogen-bond acceptors (Lipinski definition) is 6. The summed E-state index contributed by atoms with van der Waals surface area (Å²) >= 11 is 0. The Morgan fingerprint density at radius 2 is 0.617 bits per heavy atom. The Hall–Kier alpha value is -2.89. The summed E-state index contributed by atoms with van der Waals surface area (Å²) in [6, 6.07) is 0. The summed E-state index contributed by atoms with van der Waals surface area (Å²) in [7, 11) is 0. The number of unbranched alkanes of at least 4 members (excludes halogenated alkanes) is 26. The van der Waals surface area contributed by atoms with E-state index in [4.69, 9.17) is 14.2 Å². The molecule has 0 N–H and O–H groups in total. The molecule has 0 radical (unpaired) electrons. The molecule has 6 nitrogen and oxygen atoms in total. The van der Waals surface area contributed by atoms with Gasteiger partial charge in [-0.15, -0.1) is 0 Å². The van der Waals surface area contributed by atoms with E-state index in [0.29, 0.717) is 19.3 Å². The van der Waals surface area contributed by atoms with E-state index in [0.717, 1.165) is 103 Å². The van der Waals surface area contributed by atoms with Gasteiger partial charge in [0, 0.05) is 19.3 Å². The largest absolute Gasteiger partial charge is 0.462 e. The second kappa shape index (κ2) is 48.8. The molecule has 0 fully saturated rings. The van der Waals surface area contributed by atoms with E-state index in [1.165, 1.54) is 103 Å². The number of carbonyl (C=O) groups excluding carboxylic acids is 3. The Bertz CT molecular complexity index is 1100. The highest BCUT2D eigenvalue weighted by Crippen LogP contribution is 2.13. The summed E-state index contributed by atoms with van der Waals surface area (Å²) in [4.78, 5) is 37.9. The smallest absolute Gasteiger partial charge is 0.306 e. The summed E-state index contributed by atoms with van der Waals surface area (Å²) in [6.45, 7) is 6.52. The highest BCUT2D eigenvalue weighted by atomic mass is 16.6. The molecule has 346 valence electrons. The molecule has 0 aromatic carbocycles. The van der Waals surface area contributed by atoms with Gasteiger partial charge < -0.3 is 14.2 Å². The van der Waals surface area contributed by atoms with Gasteiger partial charge in [0.15, 0.2) is 6.10 Å². The molecule has 0 heterocycles. The molecule has 0 aliphatic rings. The Kier molecular flexibility index (Phi) is 46.4. The standard InChI is InChI=1S/C54H94O6/c1-4-7-10-13-16-19-22-24-25-26-27-28-30-32-35-38-41-44-47-53(56)59-50-51(49-58-52(55)46-43-40-37-34-31-21-18-15-12-9-6-3)60-54(57)48-45-42-39-36-33-29-23-20-17-14-11-8-5-2/h15,18,21,25-29,31,33,51H,4-14,16-17,19-20,22-24,30,32,34-50H2,1-3H3/b18-15-,26-25-,28-27-,31-21-,33-29-. The molecule has 60 heavy (non-hydrogen) atoms. The molecular weight excluding hydrogens is 745 g/mol. The first-order valence-electron chi connectivity index (χ1n) is 25.3. The number of esters is 3. The fourth-order valence-electron chi connectivity index (χ4n) is 6.87. The maximum Gasteiger partial charge on any atom is 0.306 e. The SMILES string of the molecule is CCCC/C=C\C=C/CCCCCC(=O)OCC(COC(=O)CCCCCCC/C=C\C=C/CCCCCCCCC)OC(=O)CCCCC/C=C\CCCCCCCC. The maximum atomic E-state index is 12.7. The van der Waals surface area contributed by atoms with Gasteiger partial charge in [0.05, 0.1) is 0 Å². The van der Waals surface area contributed by atoms with Crippen LogP contribution in [0.2, 0.25) is 0 Å². The third kappa shape index (κ3) is 46.2. The second-order valence-corrected chi connectivity index (χ2v) is 16.8. The Labute approximate surface area is 370 Å². The van der Waals surface area contributed by atoms with Crippen LogP contribution in [0.5, 0.6) is 0 Å². The molecule has 1 atom stereocenters. The normalized spacial score (nSPS) is 12.5. The summed E-state index contributed by atoms with van der Waals surface area (Å²) < 4.78 is 16.7. The van der Waals surface area contributed by atoms with Crippen molar-refractivity contribution in [3.63, 3.8) is 0 Å². The van der Waals surface area contributed by atoms with E-state index in [1.54, 1.807) is 0 Å². The van der Waals surface area contributed by atoms with Crippen LogP contribution < -0.4 is 0 Å². The van der Waals surface area contributed by atoms with Crippen molar-refractivity contribution < 1.29 is 28.6 Å². The highest BCUT2D eigenvalue weighted by molar-refractivity contribution is 5.71. The van der Waals surface area contributed by atoms with E-state index in [9.17, 15) is 14.4 Å². The highest BCUT2D eigenvalue weighted by Gasteiger charge is 2.19. The monoisotopic (exact) mass is 839 g/mol. The van der Waals surface area contributed by atoms with Gasteiger partial charge in [-0.3, -0.25) is 14.4 Å². The van der Waals surface area contributed by atoms with Gasteiger partial charge in [-0.05, 0) is 89.9 Å². The summed E-state index contributed by atoms with van der Waals surface area (Å²) in [5.41, 5.74) is 0. The molecule has 0 aliphatic carbocycles. The Balaban J connectivity index is 4.42. The molecule has 0 saturated heterocycles. The van der Waals surface area contributed by atoms with Gasteiger partial charge >= 0.3 is 17.9 Å². The van der Waals surface area contributed by atoms with E-state index < -0.39 is 6.10 Å². The van der Waals surface area contributed by atoms with Gasteiger partial charge in [0.25, 0.3) is 0 Å². The second-order valence-electron chi connectivity index (χ2n) is 16.8. The van der Waals surface area contributed by atoms with Crippen molar-refractivity contribution in [2.75, 3.05) is 13.2 Å². The predicted octanol–water partition coefficient (Wildman–Crippen LogP) is 16.5. The first-order valence-corrected chi connectivity index (χ1v) is 25.3. The van der Waals surface area contributed by atoms with Crippen molar-refractivity contribution in [2.45, 2.75) is 252 Å². The predicted molar refractivity (Wildman–Crippen MR) is 256 cm³/mol. The van der Waals surface area contributed by atoms with Crippen LogP contribution in [0.4, 0.5) is 0 Å². The Morgan fingerprint density at radius 3 is 1.00 bits per heavy atom. The van der Waals surface area contributed by atoms with Crippen LogP contribution in [-0.2, 0) is 28.6 Å². The molecule has 0 spiro atoms. The number of rotatable bonds is 45. The molecule has 0 amide bonds. The fraction of sp³-hybridized carbons (Fsp3) is 0.759. The fourth-order valence-corrected chi connectivity index (χ4v) is 6.87. The van der Waals surface area contributed by atoms with E-state index >= 15 is 0 Å². The van der Waals surface area contributed by atoms with Gasteiger partial charge in [-0.1, -0.05) is 197 Å². The van der Waals surface area contributed by atoms with Crippen LogP contribution in [0, 0.1) is 0 Å². The van der Waals surface area contributed by atoms with Gasteiger partial charge in [0.1, 0.15) is 13.2 Å². The summed E-state index contributed by atoms with van der Waals surface area (Å²) in [6.07, 6.45) is 59.2. The molecule has 0 rings (SSSR count). The molecule has 0 aromatic rings. The zero-order chi connectivity index (χ0) is 43.7. The number of carbonyl (C=O) groups is 3. The van der Waals surface area contributed by atoms with Crippen molar-refractivity contribution in [2.24, 2.45) is 0 Å². The quantitative estimate of drug-likeness (QED) is 0.0200. The van der Waals surface area contributed by atoms with Crippen LogP contribution >= 0.6 is 0 Å². The Morgan fingerprint density at radius 1 is 0.333 bits per heavy atom. The van der Waals surface area contributed by atoms with Gasteiger partial charge in [0.2, 0.25) is 0 Å². The average molecular weight is 839 g/mol. The van der Waals surface area contributed by atoms with Gasteiger partial charge in [-0.2, -0.15) is 0 Å². The van der Waals surface area contributed by atoms with E-state index in [1.807, 2.05) is 0 Å². The zero-order valence-electron chi connectivity index (χ0n) is 39.5. The molecule has 0 aliphatic heterocycles. The van der Waals surface area contributed by atoms with E-state index in [-0.39, 0.29) is 31.1 Å².